The molecule has 1 aromatic heterocycles. The molecule has 1 heterocycles. The maximum Gasteiger partial charge on any atom is 0.244 e. The van der Waals surface area contributed by atoms with Crippen LogP contribution in [0.25, 0.3) is 0 Å². The van der Waals surface area contributed by atoms with E-state index in [0.717, 1.165) is 11.3 Å². The zero-order valence-corrected chi connectivity index (χ0v) is 13.1. The number of nitrogens with one attached hydrogen (secondary N) is 1. The minimum atomic E-state index is -0.289. The minimum absolute atomic E-state index is 0.0713. The van der Waals surface area contributed by atoms with Gasteiger partial charge in [-0.2, -0.15) is 10.2 Å². The Morgan fingerprint density at radius 3 is 2.67 bits per heavy atom. The molecule has 0 bridgehead atoms. The first kappa shape index (κ1) is 15.5. The van der Waals surface area contributed by atoms with Crippen molar-refractivity contribution in [1.82, 2.24) is 15.2 Å². The van der Waals surface area contributed by atoms with Crippen molar-refractivity contribution in [3.05, 3.63) is 51.3 Å². The fourth-order valence-electron chi connectivity index (χ4n) is 1.72. The second kappa shape index (κ2) is 6.74. The van der Waals surface area contributed by atoms with Crippen LogP contribution in [0.4, 0.5) is 0 Å². The van der Waals surface area contributed by atoms with E-state index in [1.807, 2.05) is 14.0 Å². The molecule has 1 N–H and O–H groups in total. The van der Waals surface area contributed by atoms with E-state index in [-0.39, 0.29) is 12.3 Å². The molecule has 0 aliphatic rings. The quantitative estimate of drug-likeness (QED) is 0.694. The number of nitrogens with zero attached hydrogens (tertiary/aromatic N) is 3. The van der Waals surface area contributed by atoms with Crippen molar-refractivity contribution in [3.8, 4) is 0 Å². The highest BCUT2D eigenvalue weighted by Gasteiger charge is 2.10. The predicted molar refractivity (Wildman–Crippen MR) is 83.8 cm³/mol. The first-order valence-corrected chi connectivity index (χ1v) is 6.98. The van der Waals surface area contributed by atoms with Gasteiger partial charge in [0, 0.05) is 28.4 Å². The SMILES string of the molecule is Cc1c(C=NNC(=O)Cc2c(Cl)cccc2Cl)cnn1C. The minimum Gasteiger partial charge on any atom is -0.273 e. The molecule has 21 heavy (non-hydrogen) atoms. The van der Waals surface area contributed by atoms with E-state index in [1.54, 1.807) is 35.3 Å². The smallest absolute Gasteiger partial charge is 0.244 e. The molecule has 0 atom stereocenters. The maximum atomic E-state index is 11.8. The second-order valence-corrected chi connectivity index (χ2v) is 5.29. The van der Waals surface area contributed by atoms with E-state index in [4.69, 9.17) is 23.2 Å². The van der Waals surface area contributed by atoms with Crippen LogP contribution in [0.5, 0.6) is 0 Å². The Labute approximate surface area is 132 Å². The number of carbonyl (C=O) groups is 1. The monoisotopic (exact) mass is 324 g/mol. The summed E-state index contributed by atoms with van der Waals surface area (Å²) < 4.78 is 1.73. The number of benzene rings is 1. The standard InChI is InChI=1S/C14H14Cl2N4O/c1-9-10(8-18-20(9)2)7-17-19-14(21)6-11-12(15)4-3-5-13(11)16/h3-5,7-8H,6H2,1-2H3,(H,19,21). The maximum absolute atomic E-state index is 11.8. The van der Waals surface area contributed by atoms with E-state index in [1.165, 1.54) is 0 Å². The molecule has 0 saturated carbocycles. The molecule has 0 fully saturated rings. The lowest BCUT2D eigenvalue weighted by Gasteiger charge is -2.05. The summed E-state index contributed by atoms with van der Waals surface area (Å²) in [5.74, 6) is -0.289. The molecule has 2 aromatic rings. The van der Waals surface area contributed by atoms with Crippen molar-refractivity contribution in [2.45, 2.75) is 13.3 Å². The number of hydrogen-bond donors (Lipinski definition) is 1. The van der Waals surface area contributed by atoms with Crippen molar-refractivity contribution in [1.29, 1.82) is 0 Å². The third kappa shape index (κ3) is 3.83. The van der Waals surface area contributed by atoms with Crippen LogP contribution >= 0.6 is 23.2 Å². The van der Waals surface area contributed by atoms with Crippen LogP contribution in [-0.2, 0) is 18.3 Å². The Balaban J connectivity index is 1.98. The largest absolute Gasteiger partial charge is 0.273 e. The molecular weight excluding hydrogens is 311 g/mol. The lowest BCUT2D eigenvalue weighted by molar-refractivity contribution is -0.120. The molecule has 0 spiro atoms. The third-order valence-electron chi connectivity index (χ3n) is 3.07. The van der Waals surface area contributed by atoms with Gasteiger partial charge in [-0.15, -0.1) is 0 Å². The average Bonchev–Trinajstić information content (AvgIpc) is 2.75. The Morgan fingerprint density at radius 1 is 1.43 bits per heavy atom. The lowest BCUT2D eigenvalue weighted by Crippen LogP contribution is -2.20. The molecule has 0 saturated heterocycles. The number of hydrazone groups is 1. The molecule has 0 aliphatic heterocycles. The molecule has 110 valence electrons. The predicted octanol–water partition coefficient (Wildman–Crippen LogP) is 2.73. The van der Waals surface area contributed by atoms with E-state index in [2.05, 4.69) is 15.6 Å². The first-order chi connectivity index (χ1) is 9.99. The number of rotatable bonds is 4. The van der Waals surface area contributed by atoms with E-state index < -0.39 is 0 Å². The van der Waals surface area contributed by atoms with Gasteiger partial charge in [-0.1, -0.05) is 29.3 Å². The number of halogens is 2. The van der Waals surface area contributed by atoms with Crippen LogP contribution < -0.4 is 5.43 Å². The number of carbonyl (C=O) groups excluding carboxylic acids is 1. The van der Waals surface area contributed by atoms with Crippen LogP contribution in [-0.4, -0.2) is 21.9 Å². The molecule has 0 radical (unpaired) electrons. The number of hydrogen-bond acceptors (Lipinski definition) is 3. The Hall–Kier alpha value is -1.85. The lowest BCUT2D eigenvalue weighted by atomic mass is 10.1. The molecule has 1 aromatic carbocycles. The molecule has 5 nitrogen and oxygen atoms in total. The molecule has 1 amide bonds. The van der Waals surface area contributed by atoms with E-state index >= 15 is 0 Å². The summed E-state index contributed by atoms with van der Waals surface area (Å²) in [7, 11) is 1.84. The highest BCUT2D eigenvalue weighted by atomic mass is 35.5. The van der Waals surface area contributed by atoms with E-state index in [0.29, 0.717) is 15.6 Å². The zero-order chi connectivity index (χ0) is 15.4. The highest BCUT2D eigenvalue weighted by Crippen LogP contribution is 2.24. The number of amides is 1. The Morgan fingerprint density at radius 2 is 2.10 bits per heavy atom. The summed E-state index contributed by atoms with van der Waals surface area (Å²) in [6, 6.07) is 5.12. The van der Waals surface area contributed by atoms with Gasteiger partial charge in [-0.05, 0) is 24.6 Å². The fourth-order valence-corrected chi connectivity index (χ4v) is 2.25. The molecule has 7 heteroatoms. The van der Waals surface area contributed by atoms with Crippen LogP contribution in [0.15, 0.2) is 29.5 Å². The normalized spacial score (nSPS) is 11.0. The van der Waals surface area contributed by atoms with Crippen molar-refractivity contribution in [2.24, 2.45) is 12.1 Å². The zero-order valence-electron chi connectivity index (χ0n) is 11.6. The topological polar surface area (TPSA) is 59.3 Å². The molecule has 2 rings (SSSR count). The number of aryl methyl sites for hydroxylation is 1. The van der Waals surface area contributed by atoms with Crippen molar-refractivity contribution >= 4 is 35.3 Å². The van der Waals surface area contributed by atoms with Crippen molar-refractivity contribution < 1.29 is 4.79 Å². The van der Waals surface area contributed by atoms with Crippen LogP contribution in [0.2, 0.25) is 10.0 Å². The van der Waals surface area contributed by atoms with Crippen LogP contribution in [0.3, 0.4) is 0 Å². The van der Waals surface area contributed by atoms with Crippen molar-refractivity contribution in [3.63, 3.8) is 0 Å². The molecule has 0 unspecified atom stereocenters. The van der Waals surface area contributed by atoms with Crippen molar-refractivity contribution in [2.75, 3.05) is 0 Å². The summed E-state index contributed by atoms with van der Waals surface area (Å²) in [5, 5.41) is 8.92. The van der Waals surface area contributed by atoms with Gasteiger partial charge in [-0.3, -0.25) is 9.48 Å². The highest BCUT2D eigenvalue weighted by molar-refractivity contribution is 6.36. The van der Waals surface area contributed by atoms with Gasteiger partial charge in [0.15, 0.2) is 0 Å². The summed E-state index contributed by atoms with van der Waals surface area (Å²) in [6.07, 6.45) is 3.30. The Kier molecular flexibility index (Phi) is 4.98. The van der Waals surface area contributed by atoms with Gasteiger partial charge in [0.1, 0.15) is 0 Å². The van der Waals surface area contributed by atoms with Gasteiger partial charge in [0.2, 0.25) is 5.91 Å². The summed E-state index contributed by atoms with van der Waals surface area (Å²) in [4.78, 5) is 11.8. The summed E-state index contributed by atoms with van der Waals surface area (Å²) in [6.45, 7) is 1.92. The van der Waals surface area contributed by atoms with Gasteiger partial charge in [-0.25, -0.2) is 5.43 Å². The van der Waals surface area contributed by atoms with Crippen LogP contribution in [0.1, 0.15) is 16.8 Å². The average molecular weight is 325 g/mol. The van der Waals surface area contributed by atoms with Crippen LogP contribution in [0, 0.1) is 6.92 Å². The molecule has 0 aliphatic carbocycles. The van der Waals surface area contributed by atoms with Gasteiger partial charge in [0.25, 0.3) is 0 Å². The second-order valence-electron chi connectivity index (χ2n) is 4.48. The molecular formula is C14H14Cl2N4O. The van der Waals surface area contributed by atoms with Gasteiger partial charge < -0.3 is 0 Å². The van der Waals surface area contributed by atoms with E-state index in [9.17, 15) is 4.79 Å². The number of aromatic nitrogens is 2. The van der Waals surface area contributed by atoms with Gasteiger partial charge in [0.05, 0.1) is 18.8 Å². The summed E-state index contributed by atoms with van der Waals surface area (Å²) in [5.41, 5.74) is 4.84. The first-order valence-electron chi connectivity index (χ1n) is 6.22. The Bertz CT molecular complexity index is 674. The summed E-state index contributed by atoms with van der Waals surface area (Å²) >= 11 is 12.0. The van der Waals surface area contributed by atoms with Gasteiger partial charge >= 0.3 is 0 Å². The fraction of sp³-hybridized carbons (Fsp3) is 0.214. The third-order valence-corrected chi connectivity index (χ3v) is 3.77.